The van der Waals surface area contributed by atoms with E-state index >= 15 is 0 Å². The van der Waals surface area contributed by atoms with E-state index in [-0.39, 0.29) is 0 Å². The van der Waals surface area contributed by atoms with Crippen LogP contribution in [0.15, 0.2) is 72.9 Å². The first-order chi connectivity index (χ1) is 12.0. The number of hydrogen-bond donors (Lipinski definition) is 2. The Morgan fingerprint density at radius 3 is 2.32 bits per heavy atom. The van der Waals surface area contributed by atoms with Gasteiger partial charge in [0.05, 0.1) is 11.7 Å². The van der Waals surface area contributed by atoms with Crippen LogP contribution < -0.4 is 0 Å². The van der Waals surface area contributed by atoms with Gasteiger partial charge in [0.1, 0.15) is 0 Å². The van der Waals surface area contributed by atoms with Gasteiger partial charge in [-0.2, -0.15) is 0 Å². The van der Waals surface area contributed by atoms with E-state index in [1.807, 2.05) is 36.5 Å². The van der Waals surface area contributed by atoms with Gasteiger partial charge in [-0.15, -0.1) is 0 Å². The Hall–Kier alpha value is -1.64. The average Bonchev–Trinajstić information content (AvgIpc) is 2.58. The summed E-state index contributed by atoms with van der Waals surface area (Å²) in [5.74, 6) is 0. The third-order valence-corrected chi connectivity index (χ3v) is 3.49. The summed E-state index contributed by atoms with van der Waals surface area (Å²) in [6, 6.07) is 0. The molecule has 0 aromatic carbocycles. The molecule has 2 nitrogen and oxygen atoms in total. The van der Waals surface area contributed by atoms with E-state index in [2.05, 4.69) is 38.2 Å². The van der Waals surface area contributed by atoms with E-state index in [4.69, 9.17) is 0 Å². The lowest BCUT2D eigenvalue weighted by atomic mass is 10.0. The molecule has 0 fully saturated rings. The molecule has 0 rings (SSSR count). The van der Waals surface area contributed by atoms with Crippen LogP contribution in [0.25, 0.3) is 0 Å². The van der Waals surface area contributed by atoms with Crippen molar-refractivity contribution in [3.8, 4) is 0 Å². The highest BCUT2D eigenvalue weighted by Crippen LogP contribution is 2.12. The highest BCUT2D eigenvalue weighted by molar-refractivity contribution is 5.16. The fourth-order valence-electron chi connectivity index (χ4n) is 2.01. The highest BCUT2D eigenvalue weighted by Gasteiger charge is 2.12. The summed E-state index contributed by atoms with van der Waals surface area (Å²) < 4.78 is 0. The molecule has 2 atom stereocenters. The molecular formula is C23H36O2. The number of aliphatic hydroxyl groups excluding tert-OH is 1. The monoisotopic (exact) mass is 344 g/mol. The van der Waals surface area contributed by atoms with Gasteiger partial charge in [0.15, 0.2) is 0 Å². The molecule has 0 aliphatic carbocycles. The van der Waals surface area contributed by atoms with Crippen LogP contribution in [0.2, 0.25) is 0 Å². The third kappa shape index (κ3) is 17.0. The number of aliphatic hydroxyl groups is 2. The van der Waals surface area contributed by atoms with Crippen molar-refractivity contribution in [2.24, 2.45) is 0 Å². The summed E-state index contributed by atoms with van der Waals surface area (Å²) in [7, 11) is 0. The Morgan fingerprint density at radius 2 is 1.60 bits per heavy atom. The summed E-state index contributed by atoms with van der Waals surface area (Å²) in [6.07, 6.45) is 28.4. The SMILES string of the molecule is CC/C=C\C/C=C\C[C@](C)(O)\C=C/C=C/C=C/[C@H](O)C/C=C\CCC. The second-order valence-electron chi connectivity index (χ2n) is 6.34. The van der Waals surface area contributed by atoms with Gasteiger partial charge in [-0.05, 0) is 39.0 Å². The first-order valence-corrected chi connectivity index (χ1v) is 9.40. The Labute approximate surface area is 154 Å². The van der Waals surface area contributed by atoms with Gasteiger partial charge in [0.2, 0.25) is 0 Å². The molecule has 0 amide bonds. The lowest BCUT2D eigenvalue weighted by Gasteiger charge is -2.15. The maximum absolute atomic E-state index is 10.2. The summed E-state index contributed by atoms with van der Waals surface area (Å²) in [5.41, 5.74) is -0.845. The van der Waals surface area contributed by atoms with Crippen molar-refractivity contribution in [1.82, 2.24) is 0 Å². The summed E-state index contributed by atoms with van der Waals surface area (Å²) in [6.45, 7) is 6.05. The van der Waals surface area contributed by atoms with Crippen molar-refractivity contribution in [2.75, 3.05) is 0 Å². The van der Waals surface area contributed by atoms with Crippen molar-refractivity contribution >= 4 is 0 Å². The predicted molar refractivity (Wildman–Crippen MR) is 111 cm³/mol. The van der Waals surface area contributed by atoms with Gasteiger partial charge in [-0.25, -0.2) is 0 Å². The van der Waals surface area contributed by atoms with Crippen LogP contribution in [0, 0.1) is 0 Å². The van der Waals surface area contributed by atoms with Crippen molar-refractivity contribution < 1.29 is 10.2 Å². The maximum atomic E-state index is 10.2. The Balaban J connectivity index is 4.11. The number of hydrogen-bond acceptors (Lipinski definition) is 2. The van der Waals surface area contributed by atoms with Gasteiger partial charge in [-0.3, -0.25) is 0 Å². The maximum Gasteiger partial charge on any atom is 0.0836 e. The molecule has 140 valence electrons. The van der Waals surface area contributed by atoms with E-state index < -0.39 is 11.7 Å². The fraction of sp³-hybridized carbons (Fsp3) is 0.478. The van der Waals surface area contributed by atoms with Crippen LogP contribution in [0.3, 0.4) is 0 Å². The van der Waals surface area contributed by atoms with Gasteiger partial charge in [-0.1, -0.05) is 93.2 Å². The van der Waals surface area contributed by atoms with E-state index in [1.165, 1.54) is 0 Å². The smallest absolute Gasteiger partial charge is 0.0836 e. The largest absolute Gasteiger partial charge is 0.389 e. The Morgan fingerprint density at radius 1 is 0.880 bits per heavy atom. The summed E-state index contributed by atoms with van der Waals surface area (Å²) in [5, 5.41) is 20.0. The molecule has 25 heavy (non-hydrogen) atoms. The van der Waals surface area contributed by atoms with Crippen LogP contribution in [0.4, 0.5) is 0 Å². The number of rotatable bonds is 13. The molecule has 0 aliphatic heterocycles. The molecule has 0 bridgehead atoms. The van der Waals surface area contributed by atoms with Crippen LogP contribution >= 0.6 is 0 Å². The molecule has 0 spiro atoms. The lowest BCUT2D eigenvalue weighted by molar-refractivity contribution is 0.115. The third-order valence-electron chi connectivity index (χ3n) is 3.49. The topological polar surface area (TPSA) is 40.5 Å². The molecule has 0 aliphatic rings. The second-order valence-corrected chi connectivity index (χ2v) is 6.34. The first kappa shape index (κ1) is 23.4. The van der Waals surface area contributed by atoms with Gasteiger partial charge < -0.3 is 10.2 Å². The van der Waals surface area contributed by atoms with E-state index in [0.29, 0.717) is 12.8 Å². The van der Waals surface area contributed by atoms with Crippen LogP contribution in [-0.4, -0.2) is 21.9 Å². The van der Waals surface area contributed by atoms with Crippen molar-refractivity contribution in [3.63, 3.8) is 0 Å². The Kier molecular flexibility index (Phi) is 14.8. The molecule has 2 N–H and O–H groups in total. The van der Waals surface area contributed by atoms with Gasteiger partial charge in [0.25, 0.3) is 0 Å². The molecular weight excluding hydrogens is 308 g/mol. The molecule has 2 heteroatoms. The minimum Gasteiger partial charge on any atom is -0.389 e. The minimum absolute atomic E-state index is 0.447. The van der Waals surface area contributed by atoms with Crippen molar-refractivity contribution in [3.05, 3.63) is 72.9 Å². The van der Waals surface area contributed by atoms with E-state index in [9.17, 15) is 10.2 Å². The molecule has 0 unspecified atom stereocenters. The quantitative estimate of drug-likeness (QED) is 0.327. The molecule has 0 aromatic heterocycles. The summed E-state index contributed by atoms with van der Waals surface area (Å²) >= 11 is 0. The molecule has 0 radical (unpaired) electrons. The first-order valence-electron chi connectivity index (χ1n) is 9.40. The fourth-order valence-corrected chi connectivity index (χ4v) is 2.01. The van der Waals surface area contributed by atoms with Gasteiger partial charge in [0, 0.05) is 0 Å². The second kappa shape index (κ2) is 15.9. The lowest BCUT2D eigenvalue weighted by Crippen LogP contribution is -2.18. The summed E-state index contributed by atoms with van der Waals surface area (Å²) in [4.78, 5) is 0. The van der Waals surface area contributed by atoms with Crippen LogP contribution in [0.5, 0.6) is 0 Å². The van der Waals surface area contributed by atoms with Crippen LogP contribution in [0.1, 0.15) is 59.3 Å². The Bertz CT molecular complexity index is 476. The van der Waals surface area contributed by atoms with Crippen molar-refractivity contribution in [1.29, 1.82) is 0 Å². The van der Waals surface area contributed by atoms with E-state index in [0.717, 1.165) is 25.7 Å². The highest BCUT2D eigenvalue weighted by atomic mass is 16.3. The standard InChI is InChI=1S/C23H36O2/c1-4-6-8-10-12-16-20-23(3,25)21-17-13-11-15-19-22(24)18-14-9-7-5-2/h6,8-9,11-17,19,21-22,24-25H,4-5,7,10,18,20H2,1-3H3/b8-6-,13-11+,14-9-,16-12-,19-15+,21-17-/t22-,23+/m1/s1. The molecule has 0 aromatic rings. The number of unbranched alkanes of at least 4 members (excludes halogenated alkanes) is 1. The molecule has 0 saturated heterocycles. The van der Waals surface area contributed by atoms with Crippen molar-refractivity contribution in [2.45, 2.75) is 71.0 Å². The zero-order valence-electron chi connectivity index (χ0n) is 16.1. The zero-order chi connectivity index (χ0) is 18.8. The zero-order valence-corrected chi connectivity index (χ0v) is 16.1. The van der Waals surface area contributed by atoms with Crippen LogP contribution in [-0.2, 0) is 0 Å². The van der Waals surface area contributed by atoms with Gasteiger partial charge >= 0.3 is 0 Å². The average molecular weight is 345 g/mol. The molecule has 0 heterocycles. The number of allylic oxidation sites excluding steroid dienone is 8. The molecule has 0 saturated carbocycles. The minimum atomic E-state index is -0.845. The predicted octanol–water partition coefficient (Wildman–Crippen LogP) is 5.82. The normalized spacial score (nSPS) is 17.2. The van der Waals surface area contributed by atoms with E-state index in [1.54, 1.807) is 19.1 Å².